The van der Waals surface area contributed by atoms with Gasteiger partial charge in [-0.15, -0.1) is 24.0 Å². The number of hydrogen-bond acceptors (Lipinski definition) is 3. The van der Waals surface area contributed by atoms with Crippen LogP contribution < -0.4 is 10.6 Å². The van der Waals surface area contributed by atoms with Crippen molar-refractivity contribution < 1.29 is 8.42 Å². The average molecular weight is 496 g/mol. The van der Waals surface area contributed by atoms with Gasteiger partial charge in [0.25, 0.3) is 0 Å². The molecular weight excluding hydrogens is 463 g/mol. The lowest BCUT2D eigenvalue weighted by atomic mass is 9.99. The summed E-state index contributed by atoms with van der Waals surface area (Å²) in [4.78, 5) is 4.22. The zero-order valence-electron chi connectivity index (χ0n) is 16.4. The van der Waals surface area contributed by atoms with Crippen molar-refractivity contribution in [2.75, 3.05) is 39.5 Å². The van der Waals surface area contributed by atoms with Gasteiger partial charge in [-0.3, -0.25) is 4.99 Å². The molecule has 0 saturated heterocycles. The first kappa shape index (κ1) is 25.1. The van der Waals surface area contributed by atoms with Crippen molar-refractivity contribution in [2.45, 2.75) is 33.1 Å². The van der Waals surface area contributed by atoms with E-state index in [1.165, 1.54) is 15.4 Å². The van der Waals surface area contributed by atoms with E-state index in [1.54, 1.807) is 21.0 Å². The molecule has 0 aliphatic rings. The molecule has 0 fully saturated rings. The number of rotatable bonds is 9. The molecule has 150 valence electrons. The van der Waals surface area contributed by atoms with Crippen molar-refractivity contribution >= 4 is 40.0 Å². The van der Waals surface area contributed by atoms with Gasteiger partial charge in [0, 0.05) is 33.7 Å². The minimum Gasteiger partial charge on any atom is -0.356 e. The van der Waals surface area contributed by atoms with Gasteiger partial charge in [0.15, 0.2) is 5.96 Å². The molecule has 1 aromatic carbocycles. The molecular formula is C18H33IN4O2S. The number of nitrogens with one attached hydrogen (secondary N) is 2. The summed E-state index contributed by atoms with van der Waals surface area (Å²) >= 11 is 0. The predicted octanol–water partition coefficient (Wildman–Crippen LogP) is 2.55. The van der Waals surface area contributed by atoms with Gasteiger partial charge in [0.05, 0.1) is 5.75 Å². The Kier molecular flexibility index (Phi) is 12.1. The van der Waals surface area contributed by atoms with Gasteiger partial charge in [0.2, 0.25) is 10.0 Å². The summed E-state index contributed by atoms with van der Waals surface area (Å²) in [5.41, 5.74) is 2.56. The number of sulfonamides is 1. The van der Waals surface area contributed by atoms with E-state index in [9.17, 15) is 8.42 Å². The molecule has 1 atom stereocenters. The van der Waals surface area contributed by atoms with E-state index in [4.69, 9.17) is 0 Å². The molecule has 0 saturated carbocycles. The molecule has 6 nitrogen and oxygen atoms in total. The van der Waals surface area contributed by atoms with Crippen LogP contribution in [-0.4, -0.2) is 58.2 Å². The van der Waals surface area contributed by atoms with Crippen molar-refractivity contribution in [1.82, 2.24) is 14.9 Å². The molecule has 0 radical (unpaired) electrons. The van der Waals surface area contributed by atoms with E-state index in [0.29, 0.717) is 19.0 Å². The van der Waals surface area contributed by atoms with E-state index >= 15 is 0 Å². The van der Waals surface area contributed by atoms with Crippen LogP contribution >= 0.6 is 24.0 Å². The summed E-state index contributed by atoms with van der Waals surface area (Å²) in [6.07, 6.45) is 0.726. The van der Waals surface area contributed by atoms with E-state index in [0.717, 1.165) is 18.9 Å². The molecule has 1 aromatic rings. The molecule has 0 spiro atoms. The number of nitrogens with zero attached hydrogens (tertiary/aromatic N) is 2. The van der Waals surface area contributed by atoms with Gasteiger partial charge in [0.1, 0.15) is 0 Å². The number of hydrogen-bond donors (Lipinski definition) is 2. The number of halogens is 1. The van der Waals surface area contributed by atoms with Crippen LogP contribution in [0.4, 0.5) is 0 Å². The molecule has 2 N–H and O–H groups in total. The lowest BCUT2D eigenvalue weighted by Crippen LogP contribution is -2.40. The first-order chi connectivity index (χ1) is 11.8. The van der Waals surface area contributed by atoms with Crippen molar-refractivity contribution in [3.05, 3.63) is 35.4 Å². The van der Waals surface area contributed by atoms with Crippen molar-refractivity contribution in [3.8, 4) is 0 Å². The number of guanidine groups is 1. The Hall–Kier alpha value is -0.870. The summed E-state index contributed by atoms with van der Waals surface area (Å²) in [6.45, 7) is 7.89. The van der Waals surface area contributed by atoms with Gasteiger partial charge in [-0.2, -0.15) is 0 Å². The van der Waals surface area contributed by atoms with Crippen LogP contribution in [0.15, 0.2) is 29.3 Å². The van der Waals surface area contributed by atoms with Crippen molar-refractivity contribution in [2.24, 2.45) is 4.99 Å². The van der Waals surface area contributed by atoms with Gasteiger partial charge in [-0.1, -0.05) is 36.8 Å². The summed E-state index contributed by atoms with van der Waals surface area (Å²) < 4.78 is 24.8. The van der Waals surface area contributed by atoms with E-state index in [-0.39, 0.29) is 29.7 Å². The first-order valence-corrected chi connectivity index (χ1v) is 10.4. The standard InChI is InChI=1S/C18H32N4O2S.HI/c1-6-25(23,24)22(5)12-8-11-20-18(19-4)21-14-16(3)17-10-7-9-15(2)13-17;/h7,9-10,13,16H,6,8,11-12,14H2,1-5H3,(H2,19,20,21);1H. The Morgan fingerprint density at radius 2 is 2.00 bits per heavy atom. The highest BCUT2D eigenvalue weighted by Gasteiger charge is 2.14. The molecule has 1 rings (SSSR count). The van der Waals surface area contributed by atoms with E-state index in [2.05, 4.69) is 53.7 Å². The van der Waals surface area contributed by atoms with Crippen molar-refractivity contribution in [1.29, 1.82) is 0 Å². The van der Waals surface area contributed by atoms with Gasteiger partial charge >= 0.3 is 0 Å². The third kappa shape index (κ3) is 8.68. The van der Waals surface area contributed by atoms with Crippen molar-refractivity contribution in [3.63, 3.8) is 0 Å². The highest BCUT2D eigenvalue weighted by Crippen LogP contribution is 2.15. The third-order valence-electron chi connectivity index (χ3n) is 4.19. The lowest BCUT2D eigenvalue weighted by Gasteiger charge is -2.18. The summed E-state index contributed by atoms with van der Waals surface area (Å²) in [5, 5.41) is 6.55. The largest absolute Gasteiger partial charge is 0.356 e. The van der Waals surface area contributed by atoms with E-state index < -0.39 is 10.0 Å². The maximum absolute atomic E-state index is 11.7. The second-order valence-corrected chi connectivity index (χ2v) is 8.64. The molecule has 0 amide bonds. The fourth-order valence-corrected chi connectivity index (χ4v) is 3.28. The van der Waals surface area contributed by atoms with E-state index in [1.807, 2.05) is 0 Å². The summed E-state index contributed by atoms with van der Waals surface area (Å²) in [7, 11) is 0.256. The van der Waals surface area contributed by atoms with Crippen LogP contribution in [0.2, 0.25) is 0 Å². The minimum atomic E-state index is -3.10. The molecule has 0 aromatic heterocycles. The van der Waals surface area contributed by atoms with Crippen LogP contribution in [0.1, 0.15) is 37.3 Å². The zero-order valence-corrected chi connectivity index (χ0v) is 19.6. The normalized spacial score (nSPS) is 13.2. The Bertz CT molecular complexity index is 665. The smallest absolute Gasteiger partial charge is 0.213 e. The number of aliphatic imine (C=N–C) groups is 1. The fourth-order valence-electron chi connectivity index (χ4n) is 2.43. The van der Waals surface area contributed by atoms with Crippen LogP contribution in [-0.2, 0) is 10.0 Å². The Morgan fingerprint density at radius 3 is 2.58 bits per heavy atom. The monoisotopic (exact) mass is 496 g/mol. The maximum atomic E-state index is 11.7. The summed E-state index contributed by atoms with van der Waals surface area (Å²) in [6, 6.07) is 8.51. The fraction of sp³-hybridized carbons (Fsp3) is 0.611. The SMILES string of the molecule is CCS(=O)(=O)N(C)CCCNC(=NC)NCC(C)c1cccc(C)c1.I. The first-order valence-electron chi connectivity index (χ1n) is 8.75. The lowest BCUT2D eigenvalue weighted by molar-refractivity contribution is 0.461. The molecule has 0 aliphatic heterocycles. The van der Waals surface area contributed by atoms with Gasteiger partial charge in [-0.25, -0.2) is 12.7 Å². The second-order valence-electron chi connectivity index (χ2n) is 6.27. The highest BCUT2D eigenvalue weighted by molar-refractivity contribution is 14.0. The molecule has 1 unspecified atom stereocenters. The Morgan fingerprint density at radius 1 is 1.31 bits per heavy atom. The maximum Gasteiger partial charge on any atom is 0.213 e. The van der Waals surface area contributed by atoms with Crippen LogP contribution in [0.5, 0.6) is 0 Å². The van der Waals surface area contributed by atoms with Crippen LogP contribution in [0, 0.1) is 6.92 Å². The molecule has 0 bridgehead atoms. The predicted molar refractivity (Wildman–Crippen MR) is 121 cm³/mol. The quantitative estimate of drug-likeness (QED) is 0.239. The summed E-state index contributed by atoms with van der Waals surface area (Å²) in [5.74, 6) is 1.25. The topological polar surface area (TPSA) is 73.8 Å². The Balaban J connectivity index is 0.00000625. The minimum absolute atomic E-state index is 0. The number of aryl methyl sites for hydroxylation is 1. The van der Waals surface area contributed by atoms with Crippen LogP contribution in [0.25, 0.3) is 0 Å². The highest BCUT2D eigenvalue weighted by atomic mass is 127. The zero-order chi connectivity index (χ0) is 18.9. The average Bonchev–Trinajstić information content (AvgIpc) is 2.60. The molecule has 0 heterocycles. The Labute approximate surface area is 175 Å². The van der Waals surface area contributed by atoms with Gasteiger partial charge in [-0.05, 0) is 31.7 Å². The molecule has 8 heteroatoms. The second kappa shape index (κ2) is 12.5. The third-order valence-corrected chi connectivity index (χ3v) is 6.05. The number of benzene rings is 1. The van der Waals surface area contributed by atoms with Gasteiger partial charge < -0.3 is 10.6 Å². The van der Waals surface area contributed by atoms with Crippen LogP contribution in [0.3, 0.4) is 0 Å². The molecule has 26 heavy (non-hydrogen) atoms. The molecule has 0 aliphatic carbocycles.